The highest BCUT2D eigenvalue weighted by atomic mass is 19.1. The van der Waals surface area contributed by atoms with Crippen molar-refractivity contribution in [3.05, 3.63) is 35.6 Å². The highest BCUT2D eigenvalue weighted by Crippen LogP contribution is 2.03. The summed E-state index contributed by atoms with van der Waals surface area (Å²) < 4.78 is 12.9. The van der Waals surface area contributed by atoms with Crippen molar-refractivity contribution in [1.82, 2.24) is 10.6 Å². The van der Waals surface area contributed by atoms with Crippen LogP contribution in [-0.2, 0) is 11.2 Å². The summed E-state index contributed by atoms with van der Waals surface area (Å²) in [6.07, 6.45) is 2.89. The standard InChI is InChI=1S/C15H21FN2O3/c16-13-6-4-5-12(11-13)8-10-18-15(21)17-9-3-1-2-7-14(19)20/h4-6,11H,1-3,7-10H2,(H,19,20)(H2,17,18,21). The molecule has 0 aromatic heterocycles. The Kier molecular flexibility index (Phi) is 7.86. The lowest BCUT2D eigenvalue weighted by Crippen LogP contribution is -2.37. The van der Waals surface area contributed by atoms with Crippen molar-refractivity contribution in [2.24, 2.45) is 0 Å². The average molecular weight is 296 g/mol. The lowest BCUT2D eigenvalue weighted by atomic mass is 10.1. The van der Waals surface area contributed by atoms with Crippen LogP contribution in [0.25, 0.3) is 0 Å². The number of halogens is 1. The van der Waals surface area contributed by atoms with Gasteiger partial charge in [-0.05, 0) is 37.0 Å². The molecule has 0 bridgehead atoms. The van der Waals surface area contributed by atoms with Gasteiger partial charge in [-0.15, -0.1) is 0 Å². The largest absolute Gasteiger partial charge is 0.481 e. The van der Waals surface area contributed by atoms with Gasteiger partial charge in [0.25, 0.3) is 0 Å². The quantitative estimate of drug-likeness (QED) is 0.612. The number of nitrogens with one attached hydrogen (secondary N) is 2. The Labute approximate surface area is 123 Å². The molecule has 2 amide bonds. The zero-order valence-corrected chi connectivity index (χ0v) is 11.9. The number of rotatable bonds is 9. The van der Waals surface area contributed by atoms with E-state index in [4.69, 9.17) is 5.11 Å². The van der Waals surface area contributed by atoms with Crippen molar-refractivity contribution in [2.45, 2.75) is 32.1 Å². The fourth-order valence-electron chi connectivity index (χ4n) is 1.86. The summed E-state index contributed by atoms with van der Waals surface area (Å²) in [5.41, 5.74) is 0.837. The van der Waals surface area contributed by atoms with E-state index >= 15 is 0 Å². The lowest BCUT2D eigenvalue weighted by molar-refractivity contribution is -0.137. The van der Waals surface area contributed by atoms with E-state index in [1.165, 1.54) is 12.1 Å². The first-order valence-corrected chi connectivity index (χ1v) is 7.06. The third kappa shape index (κ3) is 8.62. The van der Waals surface area contributed by atoms with Crippen LogP contribution in [0.1, 0.15) is 31.2 Å². The van der Waals surface area contributed by atoms with E-state index in [1.54, 1.807) is 6.07 Å². The average Bonchev–Trinajstić information content (AvgIpc) is 2.42. The molecule has 0 aliphatic heterocycles. The zero-order valence-electron chi connectivity index (χ0n) is 11.9. The minimum Gasteiger partial charge on any atom is -0.481 e. The van der Waals surface area contributed by atoms with Crippen LogP contribution in [0, 0.1) is 5.82 Å². The molecule has 21 heavy (non-hydrogen) atoms. The summed E-state index contributed by atoms with van der Waals surface area (Å²) >= 11 is 0. The van der Waals surface area contributed by atoms with Gasteiger partial charge < -0.3 is 15.7 Å². The molecule has 0 aliphatic rings. The lowest BCUT2D eigenvalue weighted by Gasteiger charge is -2.07. The van der Waals surface area contributed by atoms with Crippen molar-refractivity contribution in [1.29, 1.82) is 0 Å². The van der Waals surface area contributed by atoms with Crippen LogP contribution < -0.4 is 10.6 Å². The molecular formula is C15H21FN2O3. The number of urea groups is 1. The molecule has 0 heterocycles. The number of amides is 2. The van der Waals surface area contributed by atoms with Crippen molar-refractivity contribution in [3.63, 3.8) is 0 Å². The molecule has 0 spiro atoms. The maximum atomic E-state index is 12.9. The third-order valence-corrected chi connectivity index (χ3v) is 2.94. The van der Waals surface area contributed by atoms with Crippen LogP contribution in [0.5, 0.6) is 0 Å². The minimum atomic E-state index is -0.793. The first-order chi connectivity index (χ1) is 10.1. The van der Waals surface area contributed by atoms with Crippen LogP contribution in [0.4, 0.5) is 9.18 Å². The number of benzene rings is 1. The Hall–Kier alpha value is -2.11. The SMILES string of the molecule is O=C(O)CCCCCNC(=O)NCCc1cccc(F)c1. The second kappa shape index (κ2) is 9.74. The number of carboxylic acids is 1. The molecule has 5 nitrogen and oxygen atoms in total. The number of carbonyl (C=O) groups excluding carboxylic acids is 1. The second-order valence-electron chi connectivity index (χ2n) is 4.77. The molecule has 0 saturated carbocycles. The van der Waals surface area contributed by atoms with E-state index in [0.717, 1.165) is 18.4 Å². The molecule has 0 fully saturated rings. The molecule has 0 unspecified atom stereocenters. The maximum Gasteiger partial charge on any atom is 0.314 e. The van der Waals surface area contributed by atoms with Crippen LogP contribution in [0.3, 0.4) is 0 Å². The van der Waals surface area contributed by atoms with Gasteiger partial charge in [0.2, 0.25) is 0 Å². The monoisotopic (exact) mass is 296 g/mol. The first kappa shape index (κ1) is 16.9. The molecule has 3 N–H and O–H groups in total. The van der Waals surface area contributed by atoms with Crippen LogP contribution >= 0.6 is 0 Å². The van der Waals surface area contributed by atoms with Crippen LogP contribution in [0.15, 0.2) is 24.3 Å². The normalized spacial score (nSPS) is 10.1. The molecule has 1 rings (SSSR count). The van der Waals surface area contributed by atoms with Crippen molar-refractivity contribution in [2.75, 3.05) is 13.1 Å². The van der Waals surface area contributed by atoms with E-state index in [9.17, 15) is 14.0 Å². The van der Waals surface area contributed by atoms with E-state index in [0.29, 0.717) is 25.9 Å². The Morgan fingerprint density at radius 3 is 2.57 bits per heavy atom. The highest BCUT2D eigenvalue weighted by molar-refractivity contribution is 5.73. The maximum absolute atomic E-state index is 12.9. The van der Waals surface area contributed by atoms with Crippen molar-refractivity contribution >= 4 is 12.0 Å². The molecule has 0 atom stereocenters. The van der Waals surface area contributed by atoms with Gasteiger partial charge in [0.05, 0.1) is 0 Å². The van der Waals surface area contributed by atoms with E-state index in [2.05, 4.69) is 10.6 Å². The fourth-order valence-corrected chi connectivity index (χ4v) is 1.86. The highest BCUT2D eigenvalue weighted by Gasteiger charge is 2.01. The Morgan fingerprint density at radius 1 is 1.10 bits per heavy atom. The summed E-state index contributed by atoms with van der Waals surface area (Å²) in [6, 6.07) is 6.02. The summed E-state index contributed by atoms with van der Waals surface area (Å²) in [5, 5.41) is 13.9. The fraction of sp³-hybridized carbons (Fsp3) is 0.467. The number of carbonyl (C=O) groups is 2. The number of hydrogen-bond acceptors (Lipinski definition) is 2. The molecule has 0 radical (unpaired) electrons. The van der Waals surface area contributed by atoms with Crippen molar-refractivity contribution < 1.29 is 19.1 Å². The first-order valence-electron chi connectivity index (χ1n) is 7.06. The molecule has 0 saturated heterocycles. The molecule has 0 aliphatic carbocycles. The van der Waals surface area contributed by atoms with E-state index in [1.807, 2.05) is 6.07 Å². The number of unbranched alkanes of at least 4 members (excludes halogenated alkanes) is 2. The summed E-state index contributed by atoms with van der Waals surface area (Å²) in [6.45, 7) is 0.958. The van der Waals surface area contributed by atoms with Crippen LogP contribution in [0.2, 0.25) is 0 Å². The predicted molar refractivity (Wildman–Crippen MR) is 77.6 cm³/mol. The second-order valence-corrected chi connectivity index (χ2v) is 4.77. The molecule has 1 aromatic carbocycles. The summed E-state index contributed by atoms with van der Waals surface area (Å²) in [5.74, 6) is -1.07. The van der Waals surface area contributed by atoms with Gasteiger partial charge in [-0.3, -0.25) is 4.79 Å². The molecule has 116 valence electrons. The van der Waals surface area contributed by atoms with Crippen molar-refractivity contribution in [3.8, 4) is 0 Å². The number of aliphatic carboxylic acids is 1. The minimum absolute atomic E-state index is 0.166. The van der Waals surface area contributed by atoms with Gasteiger partial charge in [0, 0.05) is 19.5 Å². The van der Waals surface area contributed by atoms with Crippen LogP contribution in [-0.4, -0.2) is 30.2 Å². The topological polar surface area (TPSA) is 78.4 Å². The van der Waals surface area contributed by atoms with Gasteiger partial charge in [-0.2, -0.15) is 0 Å². The van der Waals surface area contributed by atoms with Gasteiger partial charge in [0.15, 0.2) is 0 Å². The Morgan fingerprint density at radius 2 is 1.86 bits per heavy atom. The molecule has 6 heteroatoms. The summed E-state index contributed by atoms with van der Waals surface area (Å²) in [4.78, 5) is 21.7. The molecular weight excluding hydrogens is 275 g/mol. The third-order valence-electron chi connectivity index (χ3n) is 2.94. The predicted octanol–water partition coefficient (Wildman–Crippen LogP) is 2.31. The molecule has 1 aromatic rings. The summed E-state index contributed by atoms with van der Waals surface area (Å²) in [7, 11) is 0. The van der Waals surface area contributed by atoms with Gasteiger partial charge in [0.1, 0.15) is 5.82 Å². The van der Waals surface area contributed by atoms with Gasteiger partial charge >= 0.3 is 12.0 Å². The van der Waals surface area contributed by atoms with Gasteiger partial charge in [-0.1, -0.05) is 18.6 Å². The Bertz CT molecular complexity index is 466. The number of carboxylic acid groups (broad SMARTS) is 1. The number of hydrogen-bond donors (Lipinski definition) is 3. The van der Waals surface area contributed by atoms with E-state index in [-0.39, 0.29) is 18.3 Å². The zero-order chi connectivity index (χ0) is 15.5. The smallest absolute Gasteiger partial charge is 0.314 e. The van der Waals surface area contributed by atoms with E-state index < -0.39 is 5.97 Å². The van der Waals surface area contributed by atoms with Gasteiger partial charge in [-0.25, -0.2) is 9.18 Å². The Balaban J connectivity index is 2.02.